The maximum Gasteiger partial charge on any atom is 0.242 e. The van der Waals surface area contributed by atoms with E-state index < -0.39 is 10.0 Å². The number of rotatable bonds is 6. The molecule has 26 heavy (non-hydrogen) atoms. The van der Waals surface area contributed by atoms with Gasteiger partial charge in [-0.15, -0.1) is 0 Å². The summed E-state index contributed by atoms with van der Waals surface area (Å²) in [5.74, 6) is 0.343. The van der Waals surface area contributed by atoms with Crippen molar-refractivity contribution in [2.75, 3.05) is 19.6 Å². The summed E-state index contributed by atoms with van der Waals surface area (Å²) in [6.07, 6.45) is 1.97. The molecule has 0 spiro atoms. The van der Waals surface area contributed by atoms with E-state index in [-0.39, 0.29) is 9.92 Å². The first-order valence-electron chi connectivity index (χ1n) is 8.54. The number of benzene rings is 1. The fourth-order valence-corrected chi connectivity index (χ4v) is 5.74. The molecule has 0 unspecified atom stereocenters. The van der Waals surface area contributed by atoms with Crippen molar-refractivity contribution in [3.05, 3.63) is 50.1 Å². The number of hydrogen-bond acceptors (Lipinski definition) is 4. The summed E-state index contributed by atoms with van der Waals surface area (Å²) in [4.78, 5) is 2.52. The van der Waals surface area contributed by atoms with E-state index in [0.717, 1.165) is 32.5 Å². The van der Waals surface area contributed by atoms with Gasteiger partial charge in [-0.25, -0.2) is 13.1 Å². The summed E-state index contributed by atoms with van der Waals surface area (Å²) in [6, 6.07) is 5.16. The lowest BCUT2D eigenvalue weighted by Crippen LogP contribution is -2.38. The van der Waals surface area contributed by atoms with Crippen molar-refractivity contribution in [2.45, 2.75) is 31.2 Å². The molecule has 1 aromatic carbocycles. The number of aryl methyl sites for hydroxylation is 1. The molecule has 0 atom stereocenters. The van der Waals surface area contributed by atoms with Crippen molar-refractivity contribution in [2.24, 2.45) is 5.92 Å². The number of nitrogens with one attached hydrogen (secondary N) is 1. The third-order valence-corrected chi connectivity index (χ3v) is 7.79. The topological polar surface area (TPSA) is 49.4 Å². The van der Waals surface area contributed by atoms with Crippen LogP contribution in [-0.2, 0) is 16.6 Å². The molecule has 142 valence electrons. The lowest BCUT2D eigenvalue weighted by atomic mass is 9.97. The second-order valence-electron chi connectivity index (χ2n) is 6.73. The number of halogens is 2. The smallest absolute Gasteiger partial charge is 0.242 e. The van der Waals surface area contributed by atoms with Crippen molar-refractivity contribution in [1.82, 2.24) is 9.62 Å². The van der Waals surface area contributed by atoms with Crippen LogP contribution in [0, 0.1) is 12.8 Å². The first-order chi connectivity index (χ1) is 12.3. The van der Waals surface area contributed by atoms with Crippen LogP contribution in [-0.4, -0.2) is 33.0 Å². The van der Waals surface area contributed by atoms with Crippen LogP contribution < -0.4 is 4.72 Å². The van der Waals surface area contributed by atoms with E-state index in [4.69, 9.17) is 23.2 Å². The highest BCUT2D eigenvalue weighted by Gasteiger charge is 2.24. The molecule has 1 aliphatic heterocycles. The van der Waals surface area contributed by atoms with Crippen molar-refractivity contribution >= 4 is 44.6 Å². The van der Waals surface area contributed by atoms with Gasteiger partial charge in [-0.1, -0.05) is 23.2 Å². The van der Waals surface area contributed by atoms with Gasteiger partial charge in [0.1, 0.15) is 4.90 Å². The Morgan fingerprint density at radius 1 is 1.23 bits per heavy atom. The van der Waals surface area contributed by atoms with Gasteiger partial charge in [-0.3, -0.25) is 4.90 Å². The van der Waals surface area contributed by atoms with E-state index in [1.807, 2.05) is 0 Å². The van der Waals surface area contributed by atoms with E-state index in [0.29, 0.717) is 23.0 Å². The molecule has 8 heteroatoms. The molecular formula is C18H22Cl2N2O2S2. The van der Waals surface area contributed by atoms with Crippen LogP contribution in [0.2, 0.25) is 10.0 Å². The Bertz CT molecular complexity index is 846. The van der Waals surface area contributed by atoms with E-state index in [9.17, 15) is 8.42 Å². The molecule has 0 amide bonds. The van der Waals surface area contributed by atoms with Crippen molar-refractivity contribution in [3.8, 4) is 0 Å². The molecule has 1 saturated heterocycles. The lowest BCUT2D eigenvalue weighted by molar-refractivity contribution is 0.179. The molecule has 0 saturated carbocycles. The van der Waals surface area contributed by atoms with Gasteiger partial charge in [0, 0.05) is 18.1 Å². The first-order valence-corrected chi connectivity index (χ1v) is 11.7. The highest BCUT2D eigenvalue weighted by atomic mass is 35.5. The minimum absolute atomic E-state index is 0.0935. The molecule has 0 bridgehead atoms. The highest BCUT2D eigenvalue weighted by Crippen LogP contribution is 2.28. The zero-order chi connectivity index (χ0) is 18.7. The maximum absolute atomic E-state index is 12.6. The van der Waals surface area contributed by atoms with Crippen LogP contribution >= 0.6 is 34.5 Å². The Kier molecular flexibility index (Phi) is 6.64. The van der Waals surface area contributed by atoms with Gasteiger partial charge >= 0.3 is 0 Å². The third-order valence-electron chi connectivity index (χ3n) is 4.76. The zero-order valence-electron chi connectivity index (χ0n) is 14.5. The molecule has 1 aromatic heterocycles. The standard InChI is InChI=1S/C18H22Cl2N2O2S2/c1-13-8-18(17(20)9-16(13)19)26(23,24)21-10-14-2-5-22(6-3-14)11-15-4-7-25-12-15/h4,7-9,12,14,21H,2-3,5-6,10-11H2,1H3. The van der Waals surface area contributed by atoms with E-state index >= 15 is 0 Å². The van der Waals surface area contributed by atoms with E-state index in [1.54, 1.807) is 18.3 Å². The molecular weight excluding hydrogens is 411 g/mol. The van der Waals surface area contributed by atoms with E-state index in [2.05, 4.69) is 26.4 Å². The summed E-state index contributed by atoms with van der Waals surface area (Å²) in [7, 11) is -3.64. The van der Waals surface area contributed by atoms with Gasteiger partial charge in [-0.2, -0.15) is 11.3 Å². The lowest BCUT2D eigenvalue weighted by Gasteiger charge is -2.31. The first kappa shape index (κ1) is 20.1. The largest absolute Gasteiger partial charge is 0.299 e. The predicted molar refractivity (Wildman–Crippen MR) is 109 cm³/mol. The maximum atomic E-state index is 12.6. The predicted octanol–water partition coefficient (Wildman–Crippen LogP) is 4.55. The SMILES string of the molecule is Cc1cc(S(=O)(=O)NCC2CCN(Cc3ccsc3)CC2)c(Cl)cc1Cl. The fraction of sp³-hybridized carbons (Fsp3) is 0.444. The van der Waals surface area contributed by atoms with Crippen LogP contribution in [0.5, 0.6) is 0 Å². The van der Waals surface area contributed by atoms with Crippen LogP contribution in [0.25, 0.3) is 0 Å². The van der Waals surface area contributed by atoms with Gasteiger partial charge in [-0.05, 0) is 78.9 Å². The molecule has 2 heterocycles. The molecule has 1 fully saturated rings. The van der Waals surface area contributed by atoms with Crippen LogP contribution in [0.3, 0.4) is 0 Å². The van der Waals surface area contributed by atoms with Crippen molar-refractivity contribution in [3.63, 3.8) is 0 Å². The van der Waals surface area contributed by atoms with Crippen molar-refractivity contribution in [1.29, 1.82) is 0 Å². The van der Waals surface area contributed by atoms with Gasteiger partial charge in [0.15, 0.2) is 0 Å². The highest BCUT2D eigenvalue weighted by molar-refractivity contribution is 7.89. The van der Waals surface area contributed by atoms with E-state index in [1.165, 1.54) is 17.7 Å². The number of sulfonamides is 1. The van der Waals surface area contributed by atoms with Gasteiger partial charge in [0.25, 0.3) is 0 Å². The summed E-state index contributed by atoms with van der Waals surface area (Å²) < 4.78 is 27.9. The number of piperidine rings is 1. The molecule has 4 nitrogen and oxygen atoms in total. The number of likely N-dealkylation sites (tertiary alicyclic amines) is 1. The zero-order valence-corrected chi connectivity index (χ0v) is 17.7. The number of hydrogen-bond donors (Lipinski definition) is 1. The molecule has 0 aliphatic carbocycles. The minimum Gasteiger partial charge on any atom is -0.299 e. The second kappa shape index (κ2) is 8.59. The Hall–Kier alpha value is -0.630. The van der Waals surface area contributed by atoms with Crippen LogP contribution in [0.15, 0.2) is 33.9 Å². The molecule has 2 aromatic rings. The normalized spacial score (nSPS) is 16.9. The van der Waals surface area contributed by atoms with Crippen LogP contribution in [0.4, 0.5) is 0 Å². The molecule has 1 aliphatic rings. The van der Waals surface area contributed by atoms with Crippen LogP contribution in [0.1, 0.15) is 24.0 Å². The van der Waals surface area contributed by atoms with Gasteiger partial charge in [0.2, 0.25) is 10.0 Å². The average Bonchev–Trinajstić information content (AvgIpc) is 3.10. The average molecular weight is 433 g/mol. The Morgan fingerprint density at radius 2 is 1.96 bits per heavy atom. The quantitative estimate of drug-likeness (QED) is 0.727. The molecule has 0 radical (unpaired) electrons. The fourth-order valence-electron chi connectivity index (χ4n) is 3.13. The van der Waals surface area contributed by atoms with Crippen molar-refractivity contribution < 1.29 is 8.42 Å². The number of thiophene rings is 1. The number of nitrogens with zero attached hydrogens (tertiary/aromatic N) is 1. The monoisotopic (exact) mass is 432 g/mol. The van der Waals surface area contributed by atoms with Gasteiger partial charge in [0.05, 0.1) is 5.02 Å². The second-order valence-corrected chi connectivity index (χ2v) is 10.1. The third kappa shape index (κ3) is 5.00. The minimum atomic E-state index is -3.64. The Balaban J connectivity index is 1.54. The Morgan fingerprint density at radius 3 is 2.62 bits per heavy atom. The summed E-state index contributed by atoms with van der Waals surface area (Å²) >= 11 is 13.8. The molecule has 3 rings (SSSR count). The summed E-state index contributed by atoms with van der Waals surface area (Å²) in [5.41, 5.74) is 2.04. The summed E-state index contributed by atoms with van der Waals surface area (Å²) in [6.45, 7) is 5.15. The van der Waals surface area contributed by atoms with Gasteiger partial charge < -0.3 is 0 Å². The molecule has 1 N–H and O–H groups in total. The Labute approximate surface area is 169 Å². The summed E-state index contributed by atoms with van der Waals surface area (Å²) in [5, 5.41) is 4.89.